The largest absolute Gasteiger partial charge is 0.385 e. The van der Waals surface area contributed by atoms with Crippen LogP contribution >= 0.6 is 0 Å². The van der Waals surface area contributed by atoms with E-state index in [1.165, 1.54) is 24.6 Å². The van der Waals surface area contributed by atoms with Crippen molar-refractivity contribution in [1.29, 1.82) is 0 Å². The molecule has 2 heteroatoms. The van der Waals surface area contributed by atoms with Gasteiger partial charge in [-0.1, -0.05) is 50.3 Å². The lowest BCUT2D eigenvalue weighted by Gasteiger charge is -2.15. The zero-order chi connectivity index (χ0) is 11.1. The van der Waals surface area contributed by atoms with Gasteiger partial charge in [-0.25, -0.2) is 0 Å². The first kappa shape index (κ1) is 12.3. The first-order valence-electron chi connectivity index (χ1n) is 5.87. The van der Waals surface area contributed by atoms with Crippen molar-refractivity contribution in [3.8, 4) is 0 Å². The van der Waals surface area contributed by atoms with Gasteiger partial charge in [-0.3, -0.25) is 0 Å². The Balaban J connectivity index is 2.08. The number of unbranched alkanes of at least 4 members (excludes halogenated alkanes) is 1. The van der Waals surface area contributed by atoms with E-state index in [1.54, 1.807) is 0 Å². The molecule has 0 amide bonds. The molecule has 0 radical (unpaired) electrons. The molecule has 0 bridgehead atoms. The minimum atomic E-state index is -0.814. The molecule has 84 valence electrons. The Labute approximate surface area is 94.9 Å². The molecule has 0 unspecified atom stereocenters. The van der Waals surface area contributed by atoms with Crippen molar-refractivity contribution in [3.63, 3.8) is 0 Å². The minimum Gasteiger partial charge on any atom is -0.385 e. The van der Waals surface area contributed by atoms with Gasteiger partial charge in [0.25, 0.3) is 0 Å². The third kappa shape index (κ3) is 6.34. The van der Waals surface area contributed by atoms with Gasteiger partial charge in [0.05, 0.1) is 0 Å². The maximum absolute atomic E-state index is 3.45. The molecule has 15 heavy (non-hydrogen) atoms. The number of para-hydroxylation sites is 1. The summed E-state index contributed by atoms with van der Waals surface area (Å²) in [5.41, 5.74) is 1.24. The van der Waals surface area contributed by atoms with E-state index in [-0.39, 0.29) is 0 Å². The van der Waals surface area contributed by atoms with Crippen molar-refractivity contribution in [1.82, 2.24) is 0 Å². The summed E-state index contributed by atoms with van der Waals surface area (Å²) in [5, 5.41) is 3.45. The zero-order valence-corrected chi connectivity index (χ0v) is 11.2. The van der Waals surface area contributed by atoms with Crippen molar-refractivity contribution >= 4 is 13.8 Å². The molecule has 0 heterocycles. The number of nitrogens with one attached hydrogen (secondary N) is 1. The van der Waals surface area contributed by atoms with Crippen LogP contribution in [0.4, 0.5) is 5.69 Å². The van der Waals surface area contributed by atoms with Gasteiger partial charge in [0.15, 0.2) is 0 Å². The molecule has 1 rings (SSSR count). The summed E-state index contributed by atoms with van der Waals surface area (Å²) in [4.78, 5) is 0. The number of hydrogen-bond acceptors (Lipinski definition) is 1. The van der Waals surface area contributed by atoms with Crippen molar-refractivity contribution < 1.29 is 0 Å². The lowest BCUT2D eigenvalue weighted by atomic mass is 10.3. The Morgan fingerprint density at radius 2 is 1.67 bits per heavy atom. The van der Waals surface area contributed by atoms with E-state index in [2.05, 4.69) is 55.3 Å². The second-order valence-corrected chi connectivity index (χ2v) is 10.9. The maximum Gasteiger partial charge on any atom is 0.0442 e. The van der Waals surface area contributed by atoms with E-state index >= 15 is 0 Å². The Morgan fingerprint density at radius 1 is 1.00 bits per heavy atom. The smallest absolute Gasteiger partial charge is 0.0442 e. The summed E-state index contributed by atoms with van der Waals surface area (Å²) < 4.78 is 0. The van der Waals surface area contributed by atoms with Gasteiger partial charge < -0.3 is 5.32 Å². The lowest BCUT2D eigenvalue weighted by Crippen LogP contribution is -2.19. The quantitative estimate of drug-likeness (QED) is 0.560. The second kappa shape index (κ2) is 5.96. The van der Waals surface area contributed by atoms with E-state index < -0.39 is 8.07 Å². The maximum atomic E-state index is 3.45. The summed E-state index contributed by atoms with van der Waals surface area (Å²) in [6.07, 6.45) is 2.66. The van der Waals surface area contributed by atoms with Crippen LogP contribution in [0, 0.1) is 0 Å². The summed E-state index contributed by atoms with van der Waals surface area (Å²) in [6, 6.07) is 11.9. The Morgan fingerprint density at radius 3 is 2.27 bits per heavy atom. The third-order valence-corrected chi connectivity index (χ3v) is 4.31. The molecular weight excluding hydrogens is 198 g/mol. The Kier molecular flexibility index (Phi) is 4.89. The molecule has 1 aromatic carbocycles. The van der Waals surface area contributed by atoms with E-state index in [0.29, 0.717) is 0 Å². The molecule has 0 aliphatic rings. The molecule has 0 saturated carbocycles. The van der Waals surface area contributed by atoms with E-state index in [1.807, 2.05) is 0 Å². The van der Waals surface area contributed by atoms with Crippen LogP contribution in [-0.4, -0.2) is 14.6 Å². The van der Waals surface area contributed by atoms with Gasteiger partial charge in [-0.05, 0) is 18.6 Å². The number of rotatable bonds is 6. The highest BCUT2D eigenvalue weighted by molar-refractivity contribution is 6.76. The Bertz CT molecular complexity index is 264. The normalized spacial score (nSPS) is 11.4. The van der Waals surface area contributed by atoms with Crippen LogP contribution in [0.5, 0.6) is 0 Å². The summed E-state index contributed by atoms with van der Waals surface area (Å²) in [7, 11) is -0.814. The molecule has 0 aliphatic carbocycles. The van der Waals surface area contributed by atoms with E-state index in [4.69, 9.17) is 0 Å². The average Bonchev–Trinajstić information content (AvgIpc) is 2.17. The van der Waals surface area contributed by atoms with E-state index in [0.717, 1.165) is 6.54 Å². The highest BCUT2D eigenvalue weighted by Gasteiger charge is 2.11. The van der Waals surface area contributed by atoms with Crippen molar-refractivity contribution in [2.75, 3.05) is 11.9 Å². The van der Waals surface area contributed by atoms with Gasteiger partial charge in [-0.2, -0.15) is 0 Å². The highest BCUT2D eigenvalue weighted by atomic mass is 28.3. The molecule has 0 fully saturated rings. The van der Waals surface area contributed by atoms with Gasteiger partial charge >= 0.3 is 0 Å². The first-order chi connectivity index (χ1) is 7.08. The predicted octanol–water partition coefficient (Wildman–Crippen LogP) is 4.22. The van der Waals surface area contributed by atoms with Crippen LogP contribution in [0.2, 0.25) is 25.7 Å². The van der Waals surface area contributed by atoms with Gasteiger partial charge in [-0.15, -0.1) is 0 Å². The fourth-order valence-corrected chi connectivity index (χ4v) is 2.88. The van der Waals surface area contributed by atoms with Crippen LogP contribution in [-0.2, 0) is 0 Å². The van der Waals surface area contributed by atoms with Crippen LogP contribution in [0.3, 0.4) is 0 Å². The topological polar surface area (TPSA) is 12.0 Å². The molecule has 0 aromatic heterocycles. The second-order valence-electron chi connectivity index (χ2n) is 5.31. The standard InChI is InChI=1S/C13H23NSi/c1-15(2,3)12-8-7-11-14-13-9-5-4-6-10-13/h4-6,9-10,14H,7-8,11-12H2,1-3H3. The summed E-state index contributed by atoms with van der Waals surface area (Å²) >= 11 is 0. The Hall–Kier alpha value is -0.763. The van der Waals surface area contributed by atoms with Gasteiger partial charge in [0, 0.05) is 20.3 Å². The monoisotopic (exact) mass is 221 g/mol. The SMILES string of the molecule is C[Si](C)(C)CCCCNc1ccccc1. The highest BCUT2D eigenvalue weighted by Crippen LogP contribution is 2.13. The molecule has 0 atom stereocenters. The molecule has 1 aromatic rings. The van der Waals surface area contributed by atoms with Crippen LogP contribution in [0.25, 0.3) is 0 Å². The molecule has 0 aliphatic heterocycles. The number of hydrogen-bond donors (Lipinski definition) is 1. The van der Waals surface area contributed by atoms with Crippen molar-refractivity contribution in [3.05, 3.63) is 30.3 Å². The molecule has 0 saturated heterocycles. The van der Waals surface area contributed by atoms with Crippen LogP contribution in [0.1, 0.15) is 12.8 Å². The average molecular weight is 221 g/mol. The predicted molar refractivity (Wildman–Crippen MR) is 72.3 cm³/mol. The van der Waals surface area contributed by atoms with Crippen molar-refractivity contribution in [2.45, 2.75) is 38.5 Å². The van der Waals surface area contributed by atoms with Crippen LogP contribution < -0.4 is 5.32 Å². The fraction of sp³-hybridized carbons (Fsp3) is 0.538. The summed E-state index contributed by atoms with van der Waals surface area (Å²) in [6.45, 7) is 8.43. The van der Waals surface area contributed by atoms with Crippen LogP contribution in [0.15, 0.2) is 30.3 Å². The lowest BCUT2D eigenvalue weighted by molar-refractivity contribution is 0.822. The fourth-order valence-electron chi connectivity index (χ4n) is 1.57. The molecule has 1 nitrogen and oxygen atoms in total. The zero-order valence-electron chi connectivity index (χ0n) is 10.2. The number of anilines is 1. The third-order valence-electron chi connectivity index (χ3n) is 2.46. The minimum absolute atomic E-state index is 0.814. The number of benzene rings is 1. The molecule has 1 N–H and O–H groups in total. The van der Waals surface area contributed by atoms with Gasteiger partial charge in [0.2, 0.25) is 0 Å². The first-order valence-corrected chi connectivity index (χ1v) is 9.57. The van der Waals surface area contributed by atoms with E-state index in [9.17, 15) is 0 Å². The molecular formula is C13H23NSi. The van der Waals surface area contributed by atoms with Crippen molar-refractivity contribution in [2.24, 2.45) is 0 Å². The summed E-state index contributed by atoms with van der Waals surface area (Å²) in [5.74, 6) is 0. The molecule has 0 spiro atoms. The van der Waals surface area contributed by atoms with Gasteiger partial charge in [0.1, 0.15) is 0 Å².